The van der Waals surface area contributed by atoms with Gasteiger partial charge in [-0.2, -0.15) is 0 Å². The van der Waals surface area contributed by atoms with E-state index in [4.69, 9.17) is 5.11 Å². The second-order valence-corrected chi connectivity index (χ2v) is 2.73. The maximum Gasteiger partial charge on any atom is 0.337 e. The molecule has 14 heavy (non-hydrogen) atoms. The summed E-state index contributed by atoms with van der Waals surface area (Å²) in [6.07, 6.45) is 5.52. The van der Waals surface area contributed by atoms with Crippen LogP contribution in [0.5, 0.6) is 0 Å². The number of carboxylic acid groups (broad SMARTS) is 1. The Hall–Kier alpha value is -1.84. The third-order valence-electron chi connectivity index (χ3n) is 1.72. The van der Waals surface area contributed by atoms with Crippen LogP contribution in [0.4, 0.5) is 5.69 Å². The van der Waals surface area contributed by atoms with Gasteiger partial charge in [0.2, 0.25) is 0 Å². The number of carboxylic acids is 1. The van der Waals surface area contributed by atoms with E-state index in [1.807, 2.05) is 0 Å². The molecule has 0 saturated heterocycles. The summed E-state index contributed by atoms with van der Waals surface area (Å²) in [5, 5.41) is 11.8. The van der Waals surface area contributed by atoms with Crippen LogP contribution in [-0.2, 0) is 0 Å². The van der Waals surface area contributed by atoms with Gasteiger partial charge in [0.1, 0.15) is 0 Å². The highest BCUT2D eigenvalue weighted by molar-refractivity contribution is 5.93. The molecule has 0 atom stereocenters. The van der Waals surface area contributed by atoms with Crippen LogP contribution in [0.3, 0.4) is 0 Å². The molecule has 2 N–H and O–H groups in total. The summed E-state index contributed by atoms with van der Waals surface area (Å²) in [5.41, 5.74) is 0.783. The Morgan fingerprint density at radius 3 is 3.14 bits per heavy atom. The smallest absolute Gasteiger partial charge is 0.337 e. The lowest BCUT2D eigenvalue weighted by Crippen LogP contribution is -2.07. The van der Waals surface area contributed by atoms with Crippen molar-refractivity contribution >= 4 is 11.7 Å². The number of anilines is 1. The summed E-state index contributed by atoms with van der Waals surface area (Å²) in [6.45, 7) is 4.24. The molecular formula is C10H12N2O2. The van der Waals surface area contributed by atoms with Crippen LogP contribution in [0.15, 0.2) is 31.1 Å². The van der Waals surface area contributed by atoms with Crippen molar-refractivity contribution in [2.45, 2.75) is 6.42 Å². The van der Waals surface area contributed by atoms with Gasteiger partial charge in [-0.25, -0.2) is 4.79 Å². The Kier molecular flexibility index (Phi) is 3.67. The molecule has 4 heteroatoms. The zero-order valence-corrected chi connectivity index (χ0v) is 7.73. The molecule has 0 spiro atoms. The van der Waals surface area contributed by atoms with Gasteiger partial charge in [-0.15, -0.1) is 6.58 Å². The van der Waals surface area contributed by atoms with Crippen LogP contribution in [0.25, 0.3) is 0 Å². The van der Waals surface area contributed by atoms with Gasteiger partial charge in [0, 0.05) is 12.7 Å². The summed E-state index contributed by atoms with van der Waals surface area (Å²) in [7, 11) is 0. The predicted octanol–water partition coefficient (Wildman–Crippen LogP) is 1.77. The molecule has 0 saturated carbocycles. The lowest BCUT2D eigenvalue weighted by Gasteiger charge is -2.06. The lowest BCUT2D eigenvalue weighted by atomic mass is 10.2. The third kappa shape index (κ3) is 2.58. The number of nitrogens with zero attached hydrogens (tertiary/aromatic N) is 1. The number of carbonyl (C=O) groups is 1. The van der Waals surface area contributed by atoms with E-state index in [9.17, 15) is 4.79 Å². The van der Waals surface area contributed by atoms with Gasteiger partial charge in [0.05, 0.1) is 17.4 Å². The summed E-state index contributed by atoms with van der Waals surface area (Å²) < 4.78 is 0. The Labute approximate surface area is 82.3 Å². The van der Waals surface area contributed by atoms with Crippen molar-refractivity contribution in [2.24, 2.45) is 0 Å². The molecule has 0 amide bonds. The molecule has 1 heterocycles. The standard InChI is InChI=1S/C10H12N2O2/c1-2-3-5-12-9-7-11-6-4-8(9)10(13)14/h2,4,6-7,12H,1,3,5H2,(H,13,14). The molecule has 1 aromatic heterocycles. The van der Waals surface area contributed by atoms with Gasteiger partial charge in [-0.3, -0.25) is 4.98 Å². The lowest BCUT2D eigenvalue weighted by molar-refractivity contribution is 0.0698. The van der Waals surface area contributed by atoms with Crippen LogP contribution in [-0.4, -0.2) is 22.6 Å². The molecule has 0 radical (unpaired) electrons. The molecule has 0 bridgehead atoms. The van der Waals surface area contributed by atoms with Gasteiger partial charge in [-0.05, 0) is 12.5 Å². The Balaban J connectivity index is 2.74. The first-order chi connectivity index (χ1) is 6.75. The number of nitrogens with one attached hydrogen (secondary N) is 1. The van der Waals surface area contributed by atoms with Crippen molar-refractivity contribution in [3.05, 3.63) is 36.7 Å². The van der Waals surface area contributed by atoms with Crippen molar-refractivity contribution < 1.29 is 9.90 Å². The average molecular weight is 192 g/mol. The van der Waals surface area contributed by atoms with Crippen LogP contribution < -0.4 is 5.32 Å². The summed E-state index contributed by atoms with van der Waals surface area (Å²) in [6, 6.07) is 1.47. The fourth-order valence-corrected chi connectivity index (χ4v) is 1.03. The molecular weight excluding hydrogens is 180 g/mol. The molecule has 4 nitrogen and oxygen atoms in total. The van der Waals surface area contributed by atoms with Crippen molar-refractivity contribution in [3.63, 3.8) is 0 Å². The van der Waals surface area contributed by atoms with E-state index in [2.05, 4.69) is 16.9 Å². The van der Waals surface area contributed by atoms with Gasteiger partial charge < -0.3 is 10.4 Å². The zero-order valence-electron chi connectivity index (χ0n) is 7.73. The number of aromatic nitrogens is 1. The number of rotatable bonds is 5. The van der Waals surface area contributed by atoms with E-state index in [1.54, 1.807) is 6.08 Å². The Bertz CT molecular complexity index is 337. The quantitative estimate of drug-likeness (QED) is 0.551. The minimum Gasteiger partial charge on any atom is -0.478 e. The highest BCUT2D eigenvalue weighted by Gasteiger charge is 2.07. The van der Waals surface area contributed by atoms with E-state index >= 15 is 0 Å². The van der Waals surface area contributed by atoms with E-state index < -0.39 is 5.97 Å². The van der Waals surface area contributed by atoms with Crippen LogP contribution in [0, 0.1) is 0 Å². The Morgan fingerprint density at radius 2 is 2.50 bits per heavy atom. The molecule has 1 rings (SSSR count). The van der Waals surface area contributed by atoms with E-state index in [0.717, 1.165) is 6.42 Å². The number of hydrogen-bond acceptors (Lipinski definition) is 3. The van der Waals surface area contributed by atoms with E-state index in [0.29, 0.717) is 12.2 Å². The fourth-order valence-electron chi connectivity index (χ4n) is 1.03. The fraction of sp³-hybridized carbons (Fsp3) is 0.200. The number of aromatic carboxylic acids is 1. The normalized spacial score (nSPS) is 9.43. The highest BCUT2D eigenvalue weighted by atomic mass is 16.4. The molecule has 0 fully saturated rings. The minimum atomic E-state index is -0.950. The summed E-state index contributed by atoms with van der Waals surface area (Å²) in [4.78, 5) is 14.6. The average Bonchev–Trinajstić information content (AvgIpc) is 2.19. The minimum absolute atomic E-state index is 0.240. The molecule has 1 aromatic rings. The van der Waals surface area contributed by atoms with Gasteiger partial charge in [0.25, 0.3) is 0 Å². The van der Waals surface area contributed by atoms with Crippen molar-refractivity contribution in [3.8, 4) is 0 Å². The number of pyridine rings is 1. The number of hydrogen-bond donors (Lipinski definition) is 2. The first-order valence-electron chi connectivity index (χ1n) is 4.27. The van der Waals surface area contributed by atoms with Gasteiger partial charge >= 0.3 is 5.97 Å². The molecule has 0 aliphatic heterocycles. The molecule has 0 aromatic carbocycles. The van der Waals surface area contributed by atoms with Crippen LogP contribution in [0.2, 0.25) is 0 Å². The van der Waals surface area contributed by atoms with E-state index in [1.165, 1.54) is 18.5 Å². The predicted molar refractivity (Wildman–Crippen MR) is 54.5 cm³/mol. The molecule has 0 aliphatic rings. The molecule has 0 unspecified atom stereocenters. The van der Waals surface area contributed by atoms with Crippen molar-refractivity contribution in [1.29, 1.82) is 0 Å². The monoisotopic (exact) mass is 192 g/mol. The molecule has 74 valence electrons. The highest BCUT2D eigenvalue weighted by Crippen LogP contribution is 2.12. The van der Waals surface area contributed by atoms with Crippen molar-refractivity contribution in [1.82, 2.24) is 4.98 Å². The summed E-state index contributed by atoms with van der Waals surface area (Å²) >= 11 is 0. The van der Waals surface area contributed by atoms with E-state index in [-0.39, 0.29) is 5.56 Å². The SMILES string of the molecule is C=CCCNc1cnccc1C(=O)O. The maximum absolute atomic E-state index is 10.8. The van der Waals surface area contributed by atoms with Gasteiger partial charge in [-0.1, -0.05) is 6.08 Å². The van der Waals surface area contributed by atoms with Crippen LogP contribution >= 0.6 is 0 Å². The second kappa shape index (κ2) is 5.01. The third-order valence-corrected chi connectivity index (χ3v) is 1.72. The largest absolute Gasteiger partial charge is 0.478 e. The van der Waals surface area contributed by atoms with Crippen molar-refractivity contribution in [2.75, 3.05) is 11.9 Å². The van der Waals surface area contributed by atoms with Gasteiger partial charge in [0.15, 0.2) is 0 Å². The zero-order chi connectivity index (χ0) is 10.4. The summed E-state index contributed by atoms with van der Waals surface area (Å²) in [5.74, 6) is -0.950. The first-order valence-corrected chi connectivity index (χ1v) is 4.27. The topological polar surface area (TPSA) is 62.2 Å². The maximum atomic E-state index is 10.8. The second-order valence-electron chi connectivity index (χ2n) is 2.73. The first kappa shape index (κ1) is 10.2. The van der Waals surface area contributed by atoms with Crippen LogP contribution in [0.1, 0.15) is 16.8 Å². The molecule has 0 aliphatic carbocycles. The Morgan fingerprint density at radius 1 is 1.71 bits per heavy atom.